The summed E-state index contributed by atoms with van der Waals surface area (Å²) in [6.07, 6.45) is 2.24. The van der Waals surface area contributed by atoms with Gasteiger partial charge >= 0.3 is 0 Å². The van der Waals surface area contributed by atoms with Gasteiger partial charge in [0.05, 0.1) is 0 Å². The van der Waals surface area contributed by atoms with Gasteiger partial charge in [-0.3, -0.25) is 4.79 Å². The highest BCUT2D eigenvalue weighted by Gasteiger charge is 2.19. The maximum atomic E-state index is 9.91. The van der Waals surface area contributed by atoms with Gasteiger partial charge in [-0.15, -0.1) is 0 Å². The molecule has 0 saturated heterocycles. The molecule has 1 atom stereocenters. The SMILES string of the molecule is CCC(C)(O)/C(N)=C\C=O. The molecule has 58 valence electrons. The summed E-state index contributed by atoms with van der Waals surface area (Å²) in [5.74, 6) is 0. The number of aliphatic hydroxyl groups is 1. The molecule has 1 unspecified atom stereocenters. The smallest absolute Gasteiger partial charge is 0.144 e. The van der Waals surface area contributed by atoms with Crippen LogP contribution in [-0.4, -0.2) is 17.0 Å². The minimum Gasteiger partial charge on any atom is -0.400 e. The summed E-state index contributed by atoms with van der Waals surface area (Å²) in [4.78, 5) is 9.91. The van der Waals surface area contributed by atoms with E-state index in [1.165, 1.54) is 6.08 Å². The molecular weight excluding hydrogens is 130 g/mol. The lowest BCUT2D eigenvalue weighted by atomic mass is 10.00. The Bertz CT molecular complexity index is 150. The lowest BCUT2D eigenvalue weighted by molar-refractivity contribution is -0.104. The van der Waals surface area contributed by atoms with E-state index in [0.29, 0.717) is 12.7 Å². The lowest BCUT2D eigenvalue weighted by Gasteiger charge is -2.20. The number of carbonyl (C=O) groups is 1. The van der Waals surface area contributed by atoms with Crippen LogP contribution in [0.5, 0.6) is 0 Å². The molecule has 10 heavy (non-hydrogen) atoms. The Morgan fingerprint density at radius 3 is 2.60 bits per heavy atom. The molecule has 0 fully saturated rings. The molecule has 0 aliphatic carbocycles. The van der Waals surface area contributed by atoms with E-state index >= 15 is 0 Å². The van der Waals surface area contributed by atoms with Crippen molar-refractivity contribution in [3.8, 4) is 0 Å². The number of hydrogen-bond donors (Lipinski definition) is 2. The second-order valence-corrected chi connectivity index (χ2v) is 2.39. The van der Waals surface area contributed by atoms with Gasteiger partial charge < -0.3 is 10.8 Å². The van der Waals surface area contributed by atoms with Crippen molar-refractivity contribution in [2.24, 2.45) is 5.73 Å². The Kier molecular flexibility index (Phi) is 3.09. The Hall–Kier alpha value is -0.830. The van der Waals surface area contributed by atoms with Crippen LogP contribution in [0.2, 0.25) is 0 Å². The molecule has 0 aliphatic heterocycles. The maximum Gasteiger partial charge on any atom is 0.144 e. The topological polar surface area (TPSA) is 63.3 Å². The van der Waals surface area contributed by atoms with Crippen molar-refractivity contribution in [2.75, 3.05) is 0 Å². The highest BCUT2D eigenvalue weighted by atomic mass is 16.3. The Morgan fingerprint density at radius 1 is 1.80 bits per heavy atom. The van der Waals surface area contributed by atoms with Crippen LogP contribution in [0.3, 0.4) is 0 Å². The normalized spacial score (nSPS) is 18.1. The zero-order chi connectivity index (χ0) is 8.20. The van der Waals surface area contributed by atoms with Crippen LogP contribution in [0.25, 0.3) is 0 Å². The van der Waals surface area contributed by atoms with Crippen LogP contribution in [0.15, 0.2) is 11.8 Å². The molecule has 3 N–H and O–H groups in total. The van der Waals surface area contributed by atoms with Gasteiger partial charge in [0.1, 0.15) is 11.9 Å². The van der Waals surface area contributed by atoms with Crippen molar-refractivity contribution in [2.45, 2.75) is 25.9 Å². The lowest BCUT2D eigenvalue weighted by Crippen LogP contribution is -2.30. The molecule has 0 spiro atoms. The molecule has 3 nitrogen and oxygen atoms in total. The first-order valence-corrected chi connectivity index (χ1v) is 3.18. The molecule has 0 aromatic carbocycles. The number of allylic oxidation sites excluding steroid dienone is 1. The summed E-state index contributed by atoms with van der Waals surface area (Å²) < 4.78 is 0. The van der Waals surface area contributed by atoms with Crippen molar-refractivity contribution in [3.05, 3.63) is 11.8 Å². The molecule has 0 radical (unpaired) electrons. The van der Waals surface area contributed by atoms with Gasteiger partial charge in [0, 0.05) is 5.70 Å². The third-order valence-corrected chi connectivity index (χ3v) is 1.56. The summed E-state index contributed by atoms with van der Waals surface area (Å²) in [5.41, 5.74) is 4.52. The van der Waals surface area contributed by atoms with Crippen molar-refractivity contribution < 1.29 is 9.90 Å². The number of aldehydes is 1. The van der Waals surface area contributed by atoms with Gasteiger partial charge in [0.25, 0.3) is 0 Å². The van der Waals surface area contributed by atoms with Gasteiger partial charge in [-0.1, -0.05) is 6.92 Å². The molecule has 0 amide bonds. The van der Waals surface area contributed by atoms with Crippen LogP contribution in [-0.2, 0) is 4.79 Å². The van der Waals surface area contributed by atoms with Crippen molar-refractivity contribution in [1.29, 1.82) is 0 Å². The largest absolute Gasteiger partial charge is 0.400 e. The van der Waals surface area contributed by atoms with E-state index in [1.807, 2.05) is 0 Å². The Labute approximate surface area is 60.5 Å². The second-order valence-electron chi connectivity index (χ2n) is 2.39. The molecule has 0 aromatic rings. The maximum absolute atomic E-state index is 9.91. The van der Waals surface area contributed by atoms with Crippen LogP contribution in [0, 0.1) is 0 Å². The van der Waals surface area contributed by atoms with E-state index in [2.05, 4.69) is 0 Å². The standard InChI is InChI=1S/C7H13NO2/c1-3-7(2,10)6(8)4-5-9/h4-5,10H,3,8H2,1-2H3/b6-4+. The van der Waals surface area contributed by atoms with Crippen LogP contribution < -0.4 is 5.73 Å². The van der Waals surface area contributed by atoms with Crippen LogP contribution in [0.1, 0.15) is 20.3 Å². The monoisotopic (exact) mass is 143 g/mol. The number of rotatable bonds is 3. The highest BCUT2D eigenvalue weighted by Crippen LogP contribution is 2.14. The first-order chi connectivity index (χ1) is 4.54. The van der Waals surface area contributed by atoms with E-state index in [9.17, 15) is 9.90 Å². The summed E-state index contributed by atoms with van der Waals surface area (Å²) in [6.45, 7) is 3.37. The quantitative estimate of drug-likeness (QED) is 0.438. The summed E-state index contributed by atoms with van der Waals surface area (Å²) in [5, 5.41) is 9.37. The van der Waals surface area contributed by atoms with Gasteiger partial charge in [-0.05, 0) is 19.4 Å². The molecular formula is C7H13NO2. The molecule has 0 bridgehead atoms. The fraction of sp³-hybridized carbons (Fsp3) is 0.571. The Balaban J connectivity index is 4.31. The summed E-state index contributed by atoms with van der Waals surface area (Å²) in [6, 6.07) is 0. The fourth-order valence-corrected chi connectivity index (χ4v) is 0.457. The first-order valence-electron chi connectivity index (χ1n) is 3.18. The van der Waals surface area contributed by atoms with E-state index in [-0.39, 0.29) is 5.70 Å². The first kappa shape index (κ1) is 9.17. The van der Waals surface area contributed by atoms with E-state index in [0.717, 1.165) is 0 Å². The van der Waals surface area contributed by atoms with Crippen LogP contribution in [0.4, 0.5) is 0 Å². The molecule has 3 heteroatoms. The van der Waals surface area contributed by atoms with Gasteiger partial charge in [0.2, 0.25) is 0 Å². The average Bonchev–Trinajstić information content (AvgIpc) is 1.89. The van der Waals surface area contributed by atoms with E-state index in [1.54, 1.807) is 13.8 Å². The summed E-state index contributed by atoms with van der Waals surface area (Å²) >= 11 is 0. The molecule has 0 rings (SSSR count). The number of nitrogens with two attached hydrogens (primary N) is 1. The second kappa shape index (κ2) is 3.37. The third kappa shape index (κ3) is 2.19. The molecule has 0 saturated carbocycles. The number of carbonyl (C=O) groups excluding carboxylic acids is 1. The number of hydrogen-bond acceptors (Lipinski definition) is 3. The fourth-order valence-electron chi connectivity index (χ4n) is 0.457. The minimum atomic E-state index is -1.04. The van der Waals surface area contributed by atoms with E-state index in [4.69, 9.17) is 5.73 Å². The molecule has 0 aromatic heterocycles. The van der Waals surface area contributed by atoms with E-state index < -0.39 is 5.60 Å². The average molecular weight is 143 g/mol. The van der Waals surface area contributed by atoms with Gasteiger partial charge in [-0.25, -0.2) is 0 Å². The van der Waals surface area contributed by atoms with Gasteiger partial charge in [-0.2, -0.15) is 0 Å². The molecule has 0 aliphatic rings. The predicted octanol–water partition coefficient (Wildman–Crippen LogP) is 0.189. The minimum absolute atomic E-state index is 0.213. The van der Waals surface area contributed by atoms with Crippen molar-refractivity contribution in [1.82, 2.24) is 0 Å². The van der Waals surface area contributed by atoms with Crippen molar-refractivity contribution in [3.63, 3.8) is 0 Å². The zero-order valence-electron chi connectivity index (χ0n) is 6.29. The van der Waals surface area contributed by atoms with Crippen LogP contribution >= 0.6 is 0 Å². The van der Waals surface area contributed by atoms with Crippen molar-refractivity contribution >= 4 is 6.29 Å². The molecule has 0 heterocycles. The Morgan fingerprint density at radius 2 is 2.30 bits per heavy atom. The zero-order valence-corrected chi connectivity index (χ0v) is 6.29. The summed E-state index contributed by atoms with van der Waals surface area (Å²) in [7, 11) is 0. The predicted molar refractivity (Wildman–Crippen MR) is 39.2 cm³/mol. The highest BCUT2D eigenvalue weighted by molar-refractivity contribution is 5.66. The van der Waals surface area contributed by atoms with Gasteiger partial charge in [0.15, 0.2) is 0 Å². The third-order valence-electron chi connectivity index (χ3n) is 1.56.